The fraction of sp³-hybridized carbons (Fsp3) is 0.235. The van der Waals surface area contributed by atoms with Crippen molar-refractivity contribution in [2.45, 2.75) is 26.2 Å². The molecular weight excluding hydrogens is 262 g/mol. The van der Waals surface area contributed by atoms with Crippen LogP contribution in [0.4, 0.5) is 0 Å². The van der Waals surface area contributed by atoms with Crippen molar-refractivity contribution in [1.82, 2.24) is 15.0 Å². The van der Waals surface area contributed by atoms with E-state index in [9.17, 15) is 4.79 Å². The van der Waals surface area contributed by atoms with E-state index >= 15 is 0 Å². The zero-order chi connectivity index (χ0) is 15.0. The molecule has 21 heavy (non-hydrogen) atoms. The van der Waals surface area contributed by atoms with Crippen LogP contribution in [0.5, 0.6) is 0 Å². The maximum atomic E-state index is 12.0. The molecule has 3 aromatic rings. The molecule has 0 saturated carbocycles. The Morgan fingerprint density at radius 2 is 1.86 bits per heavy atom. The number of aromatic nitrogens is 3. The van der Waals surface area contributed by atoms with Crippen LogP contribution >= 0.6 is 0 Å². The molecule has 1 aromatic carbocycles. The SMILES string of the molecule is CC(C)(C)c1nc(-c2cncc3ccccc23)cc(=O)[nH]1. The van der Waals surface area contributed by atoms with Gasteiger partial charge in [0.05, 0.1) is 5.69 Å². The van der Waals surface area contributed by atoms with Crippen LogP contribution in [0.1, 0.15) is 26.6 Å². The van der Waals surface area contributed by atoms with Crippen LogP contribution in [0.15, 0.2) is 47.5 Å². The van der Waals surface area contributed by atoms with E-state index in [0.717, 1.165) is 16.3 Å². The standard InChI is InChI=1S/C17H17N3O/c1-17(2,3)16-19-14(8-15(21)20-16)13-10-18-9-11-6-4-5-7-12(11)13/h4-10H,1-3H3,(H,19,20,21). The van der Waals surface area contributed by atoms with Gasteiger partial charge in [-0.25, -0.2) is 4.98 Å². The van der Waals surface area contributed by atoms with Gasteiger partial charge in [-0.2, -0.15) is 0 Å². The number of aromatic amines is 1. The Morgan fingerprint density at radius 3 is 2.62 bits per heavy atom. The Morgan fingerprint density at radius 1 is 1.10 bits per heavy atom. The smallest absolute Gasteiger partial charge is 0.251 e. The number of hydrogen-bond acceptors (Lipinski definition) is 3. The van der Waals surface area contributed by atoms with Crippen molar-refractivity contribution in [3.05, 3.63) is 58.9 Å². The van der Waals surface area contributed by atoms with Gasteiger partial charge < -0.3 is 4.98 Å². The molecule has 106 valence electrons. The molecule has 1 N–H and O–H groups in total. The molecule has 4 nitrogen and oxygen atoms in total. The highest BCUT2D eigenvalue weighted by atomic mass is 16.1. The summed E-state index contributed by atoms with van der Waals surface area (Å²) in [5.74, 6) is 0.679. The lowest BCUT2D eigenvalue weighted by atomic mass is 9.95. The number of pyridine rings is 1. The third-order valence-corrected chi connectivity index (χ3v) is 3.40. The third kappa shape index (κ3) is 2.57. The second kappa shape index (κ2) is 4.81. The van der Waals surface area contributed by atoms with Crippen molar-refractivity contribution in [3.8, 4) is 11.3 Å². The number of nitrogens with one attached hydrogen (secondary N) is 1. The van der Waals surface area contributed by atoms with Crippen LogP contribution in [0.2, 0.25) is 0 Å². The van der Waals surface area contributed by atoms with Gasteiger partial charge in [0.2, 0.25) is 0 Å². The van der Waals surface area contributed by atoms with Crippen LogP contribution in [-0.2, 0) is 5.41 Å². The number of benzene rings is 1. The van der Waals surface area contributed by atoms with E-state index in [2.05, 4.69) is 15.0 Å². The van der Waals surface area contributed by atoms with E-state index < -0.39 is 0 Å². The fourth-order valence-electron chi connectivity index (χ4n) is 2.27. The van der Waals surface area contributed by atoms with Gasteiger partial charge in [0.15, 0.2) is 0 Å². The van der Waals surface area contributed by atoms with Gasteiger partial charge in [0, 0.05) is 34.8 Å². The van der Waals surface area contributed by atoms with Gasteiger partial charge in [0.1, 0.15) is 5.82 Å². The van der Waals surface area contributed by atoms with Crippen LogP contribution < -0.4 is 5.56 Å². The molecule has 0 aliphatic carbocycles. The molecule has 2 heterocycles. The normalized spacial score (nSPS) is 11.8. The van der Waals surface area contributed by atoms with Crippen LogP contribution in [0.3, 0.4) is 0 Å². The fourth-order valence-corrected chi connectivity index (χ4v) is 2.27. The lowest BCUT2D eigenvalue weighted by molar-refractivity contribution is 0.543. The first kappa shape index (κ1) is 13.5. The zero-order valence-corrected chi connectivity index (χ0v) is 12.3. The number of fused-ring (bicyclic) bond motifs is 1. The molecular formula is C17H17N3O. The summed E-state index contributed by atoms with van der Waals surface area (Å²) in [6.45, 7) is 6.07. The molecule has 3 rings (SSSR count). The second-order valence-corrected chi connectivity index (χ2v) is 6.14. The summed E-state index contributed by atoms with van der Waals surface area (Å²) in [5.41, 5.74) is 1.18. The largest absolute Gasteiger partial charge is 0.310 e. The zero-order valence-electron chi connectivity index (χ0n) is 12.3. The molecule has 0 unspecified atom stereocenters. The summed E-state index contributed by atoms with van der Waals surface area (Å²) in [6, 6.07) is 9.50. The lowest BCUT2D eigenvalue weighted by Gasteiger charge is -2.17. The summed E-state index contributed by atoms with van der Waals surface area (Å²) in [4.78, 5) is 23.7. The van der Waals surface area contributed by atoms with E-state index in [1.807, 2.05) is 51.2 Å². The van der Waals surface area contributed by atoms with Gasteiger partial charge in [-0.05, 0) is 5.39 Å². The third-order valence-electron chi connectivity index (χ3n) is 3.40. The highest BCUT2D eigenvalue weighted by molar-refractivity contribution is 5.94. The van der Waals surface area contributed by atoms with Gasteiger partial charge in [-0.1, -0.05) is 45.0 Å². The Kier molecular flexibility index (Phi) is 3.09. The van der Waals surface area contributed by atoms with Crippen molar-refractivity contribution in [2.24, 2.45) is 0 Å². The maximum absolute atomic E-state index is 12.0. The predicted octanol–water partition coefficient (Wildman–Crippen LogP) is 3.28. The van der Waals surface area contributed by atoms with E-state index in [1.54, 1.807) is 6.20 Å². The quantitative estimate of drug-likeness (QED) is 0.743. The monoisotopic (exact) mass is 279 g/mol. The van der Waals surface area contributed by atoms with Crippen molar-refractivity contribution >= 4 is 10.8 Å². The summed E-state index contributed by atoms with van der Waals surface area (Å²) < 4.78 is 0. The number of H-pyrrole nitrogens is 1. The van der Waals surface area contributed by atoms with E-state index in [4.69, 9.17) is 0 Å². The topological polar surface area (TPSA) is 58.6 Å². The first-order valence-electron chi connectivity index (χ1n) is 6.90. The van der Waals surface area contributed by atoms with E-state index in [0.29, 0.717) is 11.5 Å². The Labute approximate surface area is 122 Å². The molecule has 0 aliphatic rings. The minimum atomic E-state index is -0.215. The van der Waals surface area contributed by atoms with Gasteiger partial charge in [-0.3, -0.25) is 9.78 Å². The van der Waals surface area contributed by atoms with Crippen LogP contribution in [0, 0.1) is 0 Å². The Balaban J connectivity index is 2.29. The van der Waals surface area contributed by atoms with Crippen molar-refractivity contribution in [3.63, 3.8) is 0 Å². The summed E-state index contributed by atoms with van der Waals surface area (Å²) in [6.07, 6.45) is 3.58. The molecule has 2 aromatic heterocycles. The van der Waals surface area contributed by atoms with Crippen molar-refractivity contribution < 1.29 is 0 Å². The highest BCUT2D eigenvalue weighted by Crippen LogP contribution is 2.26. The van der Waals surface area contributed by atoms with Gasteiger partial charge >= 0.3 is 0 Å². The van der Waals surface area contributed by atoms with Crippen LogP contribution in [0.25, 0.3) is 22.0 Å². The van der Waals surface area contributed by atoms with Crippen molar-refractivity contribution in [2.75, 3.05) is 0 Å². The molecule has 0 bridgehead atoms. The van der Waals surface area contributed by atoms with Gasteiger partial charge in [0.25, 0.3) is 5.56 Å². The molecule has 0 saturated heterocycles. The van der Waals surface area contributed by atoms with E-state index in [-0.39, 0.29) is 11.0 Å². The first-order valence-corrected chi connectivity index (χ1v) is 6.90. The number of rotatable bonds is 1. The van der Waals surface area contributed by atoms with Crippen molar-refractivity contribution in [1.29, 1.82) is 0 Å². The minimum Gasteiger partial charge on any atom is -0.310 e. The lowest BCUT2D eigenvalue weighted by Crippen LogP contribution is -2.21. The molecule has 0 amide bonds. The Bertz CT molecular complexity index is 854. The number of hydrogen-bond donors (Lipinski definition) is 1. The average Bonchev–Trinajstić information content (AvgIpc) is 2.45. The molecule has 4 heteroatoms. The second-order valence-electron chi connectivity index (χ2n) is 6.14. The maximum Gasteiger partial charge on any atom is 0.251 e. The predicted molar refractivity (Wildman–Crippen MR) is 84.3 cm³/mol. The van der Waals surface area contributed by atoms with E-state index in [1.165, 1.54) is 6.07 Å². The summed E-state index contributed by atoms with van der Waals surface area (Å²) in [7, 11) is 0. The molecule has 0 aliphatic heterocycles. The summed E-state index contributed by atoms with van der Waals surface area (Å²) >= 11 is 0. The molecule has 0 radical (unpaired) electrons. The molecule has 0 fully saturated rings. The molecule has 0 spiro atoms. The average molecular weight is 279 g/mol. The highest BCUT2D eigenvalue weighted by Gasteiger charge is 2.18. The minimum absolute atomic E-state index is 0.141. The first-order chi connectivity index (χ1) is 9.95. The molecule has 0 atom stereocenters. The van der Waals surface area contributed by atoms with Gasteiger partial charge in [-0.15, -0.1) is 0 Å². The number of nitrogens with zero attached hydrogens (tertiary/aromatic N) is 2. The summed E-state index contributed by atoms with van der Waals surface area (Å²) in [5, 5.41) is 2.08. The Hall–Kier alpha value is -2.49. The van der Waals surface area contributed by atoms with Crippen LogP contribution in [-0.4, -0.2) is 15.0 Å².